The van der Waals surface area contributed by atoms with Crippen molar-refractivity contribution in [2.75, 3.05) is 20.1 Å². The van der Waals surface area contributed by atoms with Gasteiger partial charge in [-0.2, -0.15) is 5.10 Å². The van der Waals surface area contributed by atoms with E-state index in [9.17, 15) is 4.79 Å². The van der Waals surface area contributed by atoms with Crippen LogP contribution in [-0.4, -0.2) is 40.7 Å². The van der Waals surface area contributed by atoms with E-state index in [2.05, 4.69) is 34.0 Å². The second-order valence-corrected chi connectivity index (χ2v) is 6.86. The van der Waals surface area contributed by atoms with Crippen LogP contribution in [0.1, 0.15) is 16.8 Å². The molecule has 2 N–H and O–H groups in total. The highest BCUT2D eigenvalue weighted by atomic mass is 16.2. The van der Waals surface area contributed by atoms with Gasteiger partial charge in [-0.3, -0.25) is 10.2 Å². The van der Waals surface area contributed by atoms with Gasteiger partial charge in [0, 0.05) is 37.0 Å². The summed E-state index contributed by atoms with van der Waals surface area (Å²) in [5.41, 5.74) is 9.91. The minimum absolute atomic E-state index is 0.208. The van der Waals surface area contributed by atoms with Crippen molar-refractivity contribution in [3.8, 4) is 16.9 Å². The van der Waals surface area contributed by atoms with Gasteiger partial charge in [-0.25, -0.2) is 4.68 Å². The lowest BCUT2D eigenvalue weighted by atomic mass is 10.1. The third-order valence-corrected chi connectivity index (χ3v) is 4.78. The molecule has 0 saturated carbocycles. The van der Waals surface area contributed by atoms with Crippen LogP contribution in [-0.2, 0) is 0 Å². The average Bonchev–Trinajstić information content (AvgIpc) is 3.20. The number of carbonyl (C=O) groups is 1. The Morgan fingerprint density at radius 2 is 1.75 bits per heavy atom. The fourth-order valence-electron chi connectivity index (χ4n) is 3.15. The molecule has 0 aliphatic carbocycles. The van der Waals surface area contributed by atoms with Crippen LogP contribution in [0.15, 0.2) is 78.6 Å². The van der Waals surface area contributed by atoms with E-state index in [-0.39, 0.29) is 5.91 Å². The van der Waals surface area contributed by atoms with Crippen LogP contribution in [0.2, 0.25) is 0 Å². The van der Waals surface area contributed by atoms with Crippen LogP contribution in [0.4, 0.5) is 0 Å². The van der Waals surface area contributed by atoms with Crippen LogP contribution in [0.25, 0.3) is 16.9 Å². The summed E-state index contributed by atoms with van der Waals surface area (Å²) in [4.78, 5) is 15.2. The Bertz CT molecular complexity index is 979. The van der Waals surface area contributed by atoms with E-state index < -0.39 is 0 Å². The third-order valence-electron chi connectivity index (χ3n) is 4.78. The maximum absolute atomic E-state index is 12.9. The van der Waals surface area contributed by atoms with Crippen molar-refractivity contribution in [2.24, 2.45) is 0 Å². The number of likely N-dealkylation sites (N-methyl/N-ethyl adjacent to an activating group) is 1. The molecule has 1 aliphatic heterocycles. The first-order valence-electron chi connectivity index (χ1n) is 9.35. The molecule has 0 spiro atoms. The molecule has 1 aliphatic rings. The number of amides is 1. The quantitative estimate of drug-likeness (QED) is 0.675. The molecule has 0 atom stereocenters. The number of hydrogen-bond acceptors (Lipinski definition) is 4. The van der Waals surface area contributed by atoms with Gasteiger partial charge in [0.15, 0.2) is 0 Å². The first-order chi connectivity index (χ1) is 13.7. The molecular formula is C22H23N5O. The molecule has 28 heavy (non-hydrogen) atoms. The summed E-state index contributed by atoms with van der Waals surface area (Å²) < 4.78 is 1.74. The number of para-hydroxylation sites is 1. The van der Waals surface area contributed by atoms with Crippen molar-refractivity contribution in [1.82, 2.24) is 25.5 Å². The summed E-state index contributed by atoms with van der Waals surface area (Å²) in [5.74, 6) is -0.208. The van der Waals surface area contributed by atoms with Crippen molar-refractivity contribution in [3.05, 3.63) is 84.2 Å². The lowest BCUT2D eigenvalue weighted by molar-refractivity contribution is 0.0938. The number of rotatable bonds is 5. The van der Waals surface area contributed by atoms with Gasteiger partial charge in [0.05, 0.1) is 11.3 Å². The van der Waals surface area contributed by atoms with E-state index in [0.29, 0.717) is 11.3 Å². The minimum atomic E-state index is -0.208. The zero-order valence-corrected chi connectivity index (χ0v) is 15.8. The standard InChI is InChI=1S/C22H23N5O/c1-26-14-12-18(13-15-26)23-24-22(28)20-16-27(19-10-6-3-7-11-19)25-21(20)17-8-4-2-5-9-17/h2-12,16,23H,13-15H2,1H3,(H,24,28). The SMILES string of the molecule is CN1CC=C(NNC(=O)c2cn(-c3ccccc3)nc2-c2ccccc2)CC1. The van der Waals surface area contributed by atoms with Gasteiger partial charge >= 0.3 is 0 Å². The number of hydrogen-bond donors (Lipinski definition) is 2. The van der Waals surface area contributed by atoms with Crippen molar-refractivity contribution in [3.63, 3.8) is 0 Å². The van der Waals surface area contributed by atoms with Crippen LogP contribution in [0, 0.1) is 0 Å². The Balaban J connectivity index is 1.61. The van der Waals surface area contributed by atoms with Gasteiger partial charge in [-0.15, -0.1) is 0 Å². The first kappa shape index (κ1) is 18.0. The molecular weight excluding hydrogens is 350 g/mol. The second kappa shape index (κ2) is 8.10. The Hall–Kier alpha value is -3.38. The second-order valence-electron chi connectivity index (χ2n) is 6.86. The van der Waals surface area contributed by atoms with E-state index in [1.54, 1.807) is 10.9 Å². The summed E-state index contributed by atoms with van der Waals surface area (Å²) in [6, 6.07) is 19.5. The smallest absolute Gasteiger partial charge is 0.273 e. The molecule has 0 unspecified atom stereocenters. The maximum atomic E-state index is 12.9. The lowest BCUT2D eigenvalue weighted by Crippen LogP contribution is -2.39. The number of aromatic nitrogens is 2. The molecule has 0 saturated heterocycles. The Labute approximate surface area is 164 Å². The summed E-state index contributed by atoms with van der Waals surface area (Å²) in [6.45, 7) is 1.84. The molecule has 0 fully saturated rings. The van der Waals surface area contributed by atoms with Gasteiger partial charge in [0.25, 0.3) is 5.91 Å². The van der Waals surface area contributed by atoms with Crippen LogP contribution >= 0.6 is 0 Å². The molecule has 0 bridgehead atoms. The molecule has 0 radical (unpaired) electrons. The molecule has 1 aromatic heterocycles. The van der Waals surface area contributed by atoms with Gasteiger partial charge in [-0.1, -0.05) is 48.5 Å². The molecule has 2 aromatic carbocycles. The summed E-state index contributed by atoms with van der Waals surface area (Å²) in [5, 5.41) is 4.68. The predicted octanol–water partition coefficient (Wildman–Crippen LogP) is 2.99. The van der Waals surface area contributed by atoms with E-state index in [0.717, 1.165) is 36.5 Å². The van der Waals surface area contributed by atoms with E-state index in [4.69, 9.17) is 0 Å². The number of nitrogens with zero attached hydrogens (tertiary/aromatic N) is 3. The van der Waals surface area contributed by atoms with Crippen LogP contribution < -0.4 is 10.9 Å². The average molecular weight is 373 g/mol. The Morgan fingerprint density at radius 3 is 2.43 bits per heavy atom. The van der Waals surface area contributed by atoms with E-state index >= 15 is 0 Å². The predicted molar refractivity (Wildman–Crippen MR) is 110 cm³/mol. The molecule has 3 aromatic rings. The lowest BCUT2D eigenvalue weighted by Gasteiger charge is -2.22. The molecule has 142 valence electrons. The highest BCUT2D eigenvalue weighted by Gasteiger charge is 2.19. The molecule has 4 rings (SSSR count). The number of carbonyl (C=O) groups excluding carboxylic acids is 1. The van der Waals surface area contributed by atoms with E-state index in [1.165, 1.54) is 0 Å². The summed E-state index contributed by atoms with van der Waals surface area (Å²) in [7, 11) is 2.08. The van der Waals surface area contributed by atoms with Crippen molar-refractivity contribution >= 4 is 5.91 Å². The number of nitrogens with one attached hydrogen (secondary N) is 2. The van der Waals surface area contributed by atoms with Gasteiger partial charge in [-0.05, 0) is 25.3 Å². The number of hydrazine groups is 1. The zero-order valence-electron chi connectivity index (χ0n) is 15.8. The van der Waals surface area contributed by atoms with Gasteiger partial charge in [0.2, 0.25) is 0 Å². The molecule has 2 heterocycles. The van der Waals surface area contributed by atoms with Crippen molar-refractivity contribution < 1.29 is 4.79 Å². The Kier molecular flexibility index (Phi) is 5.21. The maximum Gasteiger partial charge on any atom is 0.273 e. The minimum Gasteiger partial charge on any atom is -0.303 e. The largest absolute Gasteiger partial charge is 0.303 e. The molecule has 6 heteroatoms. The third kappa shape index (κ3) is 3.97. The van der Waals surface area contributed by atoms with Crippen LogP contribution in [0.5, 0.6) is 0 Å². The van der Waals surface area contributed by atoms with Crippen molar-refractivity contribution in [2.45, 2.75) is 6.42 Å². The highest BCUT2D eigenvalue weighted by Crippen LogP contribution is 2.23. The topological polar surface area (TPSA) is 62.2 Å². The normalized spacial score (nSPS) is 14.4. The molecule has 6 nitrogen and oxygen atoms in total. The Morgan fingerprint density at radius 1 is 1.04 bits per heavy atom. The fourth-order valence-corrected chi connectivity index (χ4v) is 3.15. The van der Waals surface area contributed by atoms with E-state index in [1.807, 2.05) is 60.7 Å². The zero-order chi connectivity index (χ0) is 19.3. The first-order valence-corrected chi connectivity index (χ1v) is 9.35. The number of benzene rings is 2. The van der Waals surface area contributed by atoms with Gasteiger partial charge < -0.3 is 10.3 Å². The molecule has 1 amide bonds. The monoisotopic (exact) mass is 373 g/mol. The summed E-state index contributed by atoms with van der Waals surface area (Å²) in [6.07, 6.45) is 4.75. The van der Waals surface area contributed by atoms with Crippen molar-refractivity contribution in [1.29, 1.82) is 0 Å². The fraction of sp³-hybridized carbons (Fsp3) is 0.182. The van der Waals surface area contributed by atoms with Crippen LogP contribution in [0.3, 0.4) is 0 Å². The summed E-state index contributed by atoms with van der Waals surface area (Å²) >= 11 is 0. The highest BCUT2D eigenvalue weighted by molar-refractivity contribution is 5.99. The van der Waals surface area contributed by atoms with Gasteiger partial charge in [0.1, 0.15) is 5.69 Å².